The van der Waals surface area contributed by atoms with Crippen molar-refractivity contribution in [2.45, 2.75) is 47.5 Å². The Balaban J connectivity index is -0.0000000457. The second-order valence-corrected chi connectivity index (χ2v) is 3.73. The van der Waals surface area contributed by atoms with E-state index >= 15 is 0 Å². The largest absolute Gasteiger partial charge is 4.00 e. The fraction of sp³-hybridized carbons (Fsp3) is 0.692. The molecule has 0 bridgehead atoms. The van der Waals surface area contributed by atoms with Crippen molar-refractivity contribution in [3.63, 3.8) is 0 Å². The topological polar surface area (TPSA) is 38.5 Å². The summed E-state index contributed by atoms with van der Waals surface area (Å²) in [5.41, 5.74) is 0. The molecule has 0 saturated carbocycles. The van der Waals surface area contributed by atoms with Gasteiger partial charge in [-0.05, 0) is 6.42 Å². The van der Waals surface area contributed by atoms with Crippen LogP contribution in [0.2, 0.25) is 0 Å². The molecule has 0 heterocycles. The number of hydrogen-bond donors (Lipinski definition) is 0. The molecule has 0 spiro atoms. The van der Waals surface area contributed by atoms with E-state index < -0.39 is 0 Å². The third-order valence-electron chi connectivity index (χ3n) is 1.18. The third-order valence-corrected chi connectivity index (χ3v) is 1.18. The number of nitrogens with zero attached hydrogens (tertiary/aromatic N) is 1. The fourth-order valence-electron chi connectivity index (χ4n) is 0.740. The molecule has 0 aliphatic heterocycles. The van der Waals surface area contributed by atoms with Crippen LogP contribution in [0.1, 0.15) is 47.5 Å². The first-order valence-corrected chi connectivity index (χ1v) is 5.11. The summed E-state index contributed by atoms with van der Waals surface area (Å²) < 4.78 is 0. The molecular formula is C13H24NO2Ru+. The first-order chi connectivity index (χ1) is 7.54. The van der Waals surface area contributed by atoms with Gasteiger partial charge in [0.15, 0.2) is 0 Å². The monoisotopic (exact) mass is 328 g/mol. The molecule has 1 atom stereocenters. The number of carbonyl (C=O) groups excluding carboxylic acids is 2. The summed E-state index contributed by atoms with van der Waals surface area (Å²) in [7, 11) is 0. The van der Waals surface area contributed by atoms with Crippen molar-refractivity contribution in [2.24, 2.45) is 5.92 Å². The van der Waals surface area contributed by atoms with E-state index in [-0.39, 0.29) is 19.5 Å². The van der Waals surface area contributed by atoms with Gasteiger partial charge in [-0.3, -0.25) is 13.6 Å². The van der Waals surface area contributed by atoms with Gasteiger partial charge in [0.1, 0.15) is 0 Å². The van der Waals surface area contributed by atoms with Gasteiger partial charge < -0.3 is 20.4 Å². The average Bonchev–Trinajstić information content (AvgIpc) is 2.24. The van der Waals surface area contributed by atoms with Gasteiger partial charge in [0.2, 0.25) is 6.54 Å². The van der Waals surface area contributed by atoms with Gasteiger partial charge in [0.05, 0.1) is 0 Å². The summed E-state index contributed by atoms with van der Waals surface area (Å²) in [5.74, 6) is 2.03. The average molecular weight is 327 g/mol. The normalized spacial score (nSPS) is 8.53. The van der Waals surface area contributed by atoms with Crippen molar-refractivity contribution >= 4 is 13.6 Å². The van der Waals surface area contributed by atoms with Crippen LogP contribution in [0, 0.1) is 18.4 Å². The van der Waals surface area contributed by atoms with Gasteiger partial charge in [-0.1, -0.05) is 20.3 Å². The molecule has 0 aliphatic carbocycles. The van der Waals surface area contributed by atoms with Crippen molar-refractivity contribution in [2.75, 3.05) is 6.54 Å². The van der Waals surface area contributed by atoms with Crippen LogP contribution >= 0.6 is 0 Å². The number of hydrogen-bond acceptors (Lipinski definition) is 2. The molecule has 0 aromatic heterocycles. The van der Waals surface area contributed by atoms with Gasteiger partial charge >= 0.3 is 19.5 Å². The second-order valence-electron chi connectivity index (χ2n) is 3.73. The Kier molecular flexibility index (Phi) is 63.6. The molecule has 1 unspecified atom stereocenters. The predicted molar refractivity (Wildman–Crippen MR) is 69.3 cm³/mol. The van der Waals surface area contributed by atoms with Gasteiger partial charge in [0, 0.05) is 5.92 Å². The zero-order valence-electron chi connectivity index (χ0n) is 11.5. The predicted octanol–water partition coefficient (Wildman–Crippen LogP) is 3.41. The maximum absolute atomic E-state index is 7.75. The Labute approximate surface area is 120 Å². The fourth-order valence-corrected chi connectivity index (χ4v) is 0.740. The first-order valence-electron chi connectivity index (χ1n) is 5.11. The van der Waals surface area contributed by atoms with E-state index in [2.05, 4.69) is 53.0 Å². The van der Waals surface area contributed by atoms with Gasteiger partial charge in [-0.15, -0.1) is 0 Å². The Bertz CT molecular complexity index is 142. The van der Waals surface area contributed by atoms with E-state index in [1.807, 2.05) is 0 Å². The van der Waals surface area contributed by atoms with E-state index in [0.29, 0.717) is 12.5 Å². The molecule has 0 N–H and O–H groups in total. The molecular weight excluding hydrogens is 303 g/mol. The van der Waals surface area contributed by atoms with Crippen molar-refractivity contribution in [1.29, 1.82) is 0 Å². The summed E-state index contributed by atoms with van der Waals surface area (Å²) in [6.45, 7) is 24.3. The van der Waals surface area contributed by atoms with E-state index in [0.717, 1.165) is 0 Å². The number of rotatable bonds is 3. The van der Waals surface area contributed by atoms with Crippen molar-refractivity contribution in [3.05, 3.63) is 17.3 Å². The molecule has 0 radical (unpaired) electrons. The van der Waals surface area contributed by atoms with Crippen LogP contribution in [0.25, 0.3) is 4.85 Å². The summed E-state index contributed by atoms with van der Waals surface area (Å²) in [5, 5.41) is 0. The summed E-state index contributed by atoms with van der Waals surface area (Å²) in [6.07, 6.45) is 2.40. The van der Waals surface area contributed by atoms with Crippen molar-refractivity contribution in [1.82, 2.24) is 0 Å². The minimum Gasteiger partial charge on any atom is -0.545 e. The molecule has 17 heavy (non-hydrogen) atoms. The van der Waals surface area contributed by atoms with E-state index in [9.17, 15) is 0 Å². The molecule has 0 aromatic carbocycles. The van der Waals surface area contributed by atoms with Crippen LogP contribution < -0.4 is 0 Å². The van der Waals surface area contributed by atoms with Crippen molar-refractivity contribution in [3.8, 4) is 0 Å². The maximum atomic E-state index is 7.75. The molecule has 0 amide bonds. The zero-order valence-corrected chi connectivity index (χ0v) is 13.2. The van der Waals surface area contributed by atoms with E-state index in [1.165, 1.54) is 18.8 Å². The summed E-state index contributed by atoms with van der Waals surface area (Å²) in [4.78, 5) is 18.8. The smallest absolute Gasteiger partial charge is 0.545 e. The van der Waals surface area contributed by atoms with Crippen LogP contribution in [0.4, 0.5) is 0 Å². The Hall–Kier alpha value is -0.547. The summed E-state index contributed by atoms with van der Waals surface area (Å²) >= 11 is 0. The van der Waals surface area contributed by atoms with Crippen LogP contribution in [0.3, 0.4) is 0 Å². The SMILES string of the molecule is C[C-](C)C.[C-]#[N+]CC(C)CCC.[CH-]=O.[CH-]=O.[Ru+4]. The Morgan fingerprint density at radius 3 is 1.65 bits per heavy atom. The van der Waals surface area contributed by atoms with E-state index in [4.69, 9.17) is 16.2 Å². The molecule has 0 fully saturated rings. The zero-order chi connectivity index (χ0) is 14.0. The molecule has 0 saturated heterocycles. The van der Waals surface area contributed by atoms with Gasteiger partial charge in [-0.25, -0.2) is 6.57 Å². The van der Waals surface area contributed by atoms with E-state index in [1.54, 1.807) is 0 Å². The minimum atomic E-state index is 0. The second kappa shape index (κ2) is 36.1. The molecule has 0 rings (SSSR count). The Morgan fingerprint density at radius 1 is 1.18 bits per heavy atom. The van der Waals surface area contributed by atoms with Crippen LogP contribution in [-0.4, -0.2) is 20.1 Å². The molecule has 100 valence electrons. The minimum absolute atomic E-state index is 0. The molecule has 4 heteroatoms. The quantitative estimate of drug-likeness (QED) is 0.453. The maximum Gasteiger partial charge on any atom is 4.00 e. The van der Waals surface area contributed by atoms with Crippen LogP contribution in [0.15, 0.2) is 0 Å². The molecule has 3 nitrogen and oxygen atoms in total. The van der Waals surface area contributed by atoms with Crippen LogP contribution in [0.5, 0.6) is 0 Å². The van der Waals surface area contributed by atoms with Gasteiger partial charge in [0.25, 0.3) is 0 Å². The Morgan fingerprint density at radius 2 is 1.47 bits per heavy atom. The third kappa shape index (κ3) is 94.0. The molecule has 0 aromatic rings. The molecule has 0 aliphatic rings. The van der Waals surface area contributed by atoms with Crippen LogP contribution in [-0.2, 0) is 29.1 Å². The first kappa shape index (κ1) is 30.0. The van der Waals surface area contributed by atoms with Gasteiger partial charge in [-0.2, -0.15) is 20.8 Å². The standard InChI is InChI=1S/C7H13N.C4H9.2CHO.Ru/c1-4-5-7(2)6-8-3;1-4(2)3;2*1-2;/h7H,4-6H2,1-2H3;1-3H3;2*1H;/q;3*-1;+4. The van der Waals surface area contributed by atoms with Crippen molar-refractivity contribution < 1.29 is 29.1 Å². The summed E-state index contributed by atoms with van der Waals surface area (Å²) in [6, 6.07) is 0.